The van der Waals surface area contributed by atoms with Crippen LogP contribution in [0.25, 0.3) is 0 Å². The van der Waals surface area contributed by atoms with Crippen molar-refractivity contribution in [2.24, 2.45) is 0 Å². The van der Waals surface area contributed by atoms with Gasteiger partial charge in [-0.05, 0) is 40.7 Å². The molecule has 17 heteroatoms. The molecule has 0 aromatic rings. The van der Waals surface area contributed by atoms with E-state index in [4.69, 9.17) is 53.8 Å². The van der Waals surface area contributed by atoms with Crippen molar-refractivity contribution < 1.29 is 66.5 Å². The molecule has 1 saturated heterocycles. The molecule has 0 aromatic carbocycles. The normalized spacial score (nSPS) is 22.0. The maximum Gasteiger partial charge on any atom is 0.408 e. The van der Waals surface area contributed by atoms with Crippen molar-refractivity contribution >= 4 is 24.1 Å². The zero-order valence-electron chi connectivity index (χ0n) is 29.3. The summed E-state index contributed by atoms with van der Waals surface area (Å²) in [6.45, 7) is 12.3. The lowest BCUT2D eigenvalue weighted by Gasteiger charge is -2.41. The summed E-state index contributed by atoms with van der Waals surface area (Å²) < 4.78 is 55.2. The van der Waals surface area contributed by atoms with Gasteiger partial charge >= 0.3 is 18.2 Å². The number of methoxy groups -OCH3 is 1. The van der Waals surface area contributed by atoms with E-state index < -0.39 is 65.8 Å². The van der Waals surface area contributed by atoms with E-state index in [-0.39, 0.29) is 38.7 Å². The zero-order valence-corrected chi connectivity index (χ0v) is 29.3. The summed E-state index contributed by atoms with van der Waals surface area (Å²) in [5.74, 6) is -0.326. The predicted molar refractivity (Wildman–Crippen MR) is 171 cm³/mol. The molecule has 0 bridgehead atoms. The molecule has 2 rings (SSSR count). The third-order valence-electron chi connectivity index (χ3n) is 6.56. The first-order valence-electron chi connectivity index (χ1n) is 15.9. The molecule has 2 aliphatic rings. The molecule has 0 saturated carbocycles. The molecule has 17 nitrogen and oxygen atoms in total. The van der Waals surface area contributed by atoms with Gasteiger partial charge in [0.25, 0.3) is 0 Å². The van der Waals surface area contributed by atoms with Crippen molar-refractivity contribution in [1.82, 2.24) is 16.0 Å². The molecular formula is C32H51N3O14. The van der Waals surface area contributed by atoms with Crippen LogP contribution in [0.15, 0.2) is 11.8 Å². The second-order valence-electron chi connectivity index (χ2n) is 12.3. The van der Waals surface area contributed by atoms with E-state index in [2.05, 4.69) is 21.9 Å². The van der Waals surface area contributed by atoms with E-state index in [1.807, 2.05) is 0 Å². The molecule has 3 N–H and O–H groups in total. The number of carbonyl (C=O) groups excluding carboxylic acids is 4. The van der Waals surface area contributed by atoms with Gasteiger partial charge in [0.2, 0.25) is 11.7 Å². The minimum absolute atomic E-state index is 0.0211. The molecule has 1 fully saturated rings. The highest BCUT2D eigenvalue weighted by Gasteiger charge is 2.51. The summed E-state index contributed by atoms with van der Waals surface area (Å²) in [7, 11) is 1.15. The Morgan fingerprint density at radius 2 is 1.59 bits per heavy atom. The topological polar surface area (TPSA) is 197 Å². The first kappa shape index (κ1) is 41.5. The summed E-state index contributed by atoms with van der Waals surface area (Å²) in [6.07, 6.45) is 1.24. The predicted octanol–water partition coefficient (Wildman–Crippen LogP) is 0.786. The Morgan fingerprint density at radius 3 is 2.12 bits per heavy atom. The third-order valence-corrected chi connectivity index (χ3v) is 6.56. The van der Waals surface area contributed by atoms with E-state index in [0.29, 0.717) is 33.0 Å². The van der Waals surface area contributed by atoms with E-state index in [1.54, 1.807) is 34.6 Å². The molecule has 2 aliphatic heterocycles. The van der Waals surface area contributed by atoms with Gasteiger partial charge in [0.15, 0.2) is 18.0 Å². The molecule has 0 unspecified atom stereocenters. The van der Waals surface area contributed by atoms with Crippen molar-refractivity contribution in [3.63, 3.8) is 0 Å². The number of rotatable bonds is 19. The lowest BCUT2D eigenvalue weighted by molar-refractivity contribution is -0.170. The first-order chi connectivity index (χ1) is 23.2. The smallest absolute Gasteiger partial charge is 0.408 e. The highest BCUT2D eigenvalue weighted by molar-refractivity contribution is 5.87. The number of hydrogen-bond donors (Lipinski definition) is 3. The van der Waals surface area contributed by atoms with Crippen LogP contribution >= 0.6 is 0 Å². The van der Waals surface area contributed by atoms with E-state index >= 15 is 0 Å². The number of hydrogen-bond acceptors (Lipinski definition) is 14. The van der Waals surface area contributed by atoms with Crippen molar-refractivity contribution in [1.29, 1.82) is 0 Å². The molecule has 49 heavy (non-hydrogen) atoms. The Kier molecular flexibility index (Phi) is 17.6. The van der Waals surface area contributed by atoms with Crippen LogP contribution in [0.4, 0.5) is 9.59 Å². The van der Waals surface area contributed by atoms with Crippen LogP contribution in [0.1, 0.15) is 41.5 Å². The van der Waals surface area contributed by atoms with Gasteiger partial charge in [-0.3, -0.25) is 4.79 Å². The Labute approximate surface area is 287 Å². The summed E-state index contributed by atoms with van der Waals surface area (Å²) >= 11 is 0. The summed E-state index contributed by atoms with van der Waals surface area (Å²) in [5, 5.41) is 7.99. The molecule has 5 atom stereocenters. The van der Waals surface area contributed by atoms with Gasteiger partial charge in [-0.25, -0.2) is 14.4 Å². The minimum Gasteiger partial charge on any atom is -0.477 e. The number of alkyl carbamates (subject to hydrolysis) is 2. The van der Waals surface area contributed by atoms with Gasteiger partial charge in [-0.1, -0.05) is 5.92 Å². The number of esters is 1. The van der Waals surface area contributed by atoms with Crippen molar-refractivity contribution in [2.45, 2.75) is 83.3 Å². The zero-order chi connectivity index (χ0) is 36.5. The molecule has 0 spiro atoms. The largest absolute Gasteiger partial charge is 0.477 e. The van der Waals surface area contributed by atoms with E-state index in [0.717, 1.165) is 7.11 Å². The van der Waals surface area contributed by atoms with Gasteiger partial charge in [0.05, 0.1) is 72.0 Å². The Morgan fingerprint density at radius 1 is 0.980 bits per heavy atom. The number of nitrogens with one attached hydrogen (secondary N) is 3. The van der Waals surface area contributed by atoms with Crippen LogP contribution < -0.4 is 16.0 Å². The second-order valence-corrected chi connectivity index (χ2v) is 12.3. The summed E-state index contributed by atoms with van der Waals surface area (Å²) in [6, 6.07) is -2.13. The van der Waals surface area contributed by atoms with Crippen LogP contribution in [0.3, 0.4) is 0 Å². The monoisotopic (exact) mass is 701 g/mol. The fraction of sp³-hybridized carbons (Fsp3) is 0.750. The third kappa shape index (κ3) is 16.1. The lowest BCUT2D eigenvalue weighted by Crippen LogP contribution is -2.64. The maximum atomic E-state index is 13.1. The fourth-order valence-electron chi connectivity index (χ4n) is 4.61. The standard InChI is InChI=1S/C32H51N3O14/c1-9-11-41-13-15-43-17-18-44-16-14-42-12-10-33-29(38)47-26(24-20-45-32(6,7)48-24)27-25(34-21(2)36)22(19-23(46-27)28(37)40-8)35-30(39)49-31(3,4)5/h1,19,22,24-27H,10-18,20H2,2-8H3,(H,33,38)(H,34,36)(H,35,39)/t22-,24+,25+,26+,27+/m0/s1. The van der Waals surface area contributed by atoms with Gasteiger partial charge in [-0.2, -0.15) is 0 Å². The quantitative estimate of drug-likeness (QED) is 0.0740. The van der Waals surface area contributed by atoms with Crippen LogP contribution in [-0.2, 0) is 57.0 Å². The Bertz CT molecular complexity index is 1150. The van der Waals surface area contributed by atoms with Gasteiger partial charge in [-0.15, -0.1) is 6.42 Å². The molecule has 278 valence electrons. The van der Waals surface area contributed by atoms with Gasteiger partial charge in [0.1, 0.15) is 18.3 Å². The number of amides is 3. The maximum absolute atomic E-state index is 13.1. The Balaban J connectivity index is 2.06. The fourth-order valence-corrected chi connectivity index (χ4v) is 4.61. The van der Waals surface area contributed by atoms with E-state index in [9.17, 15) is 19.2 Å². The molecule has 0 radical (unpaired) electrons. The number of terminal acetylenes is 1. The van der Waals surface area contributed by atoms with Crippen molar-refractivity contribution in [3.05, 3.63) is 11.8 Å². The van der Waals surface area contributed by atoms with Crippen LogP contribution in [0.5, 0.6) is 0 Å². The summed E-state index contributed by atoms with van der Waals surface area (Å²) in [4.78, 5) is 50.9. The van der Waals surface area contributed by atoms with Crippen molar-refractivity contribution in [2.75, 3.05) is 73.1 Å². The highest BCUT2D eigenvalue weighted by Crippen LogP contribution is 2.32. The Hall–Kier alpha value is -3.66. The molecule has 0 aromatic heterocycles. The lowest BCUT2D eigenvalue weighted by atomic mass is 9.91. The van der Waals surface area contributed by atoms with Crippen molar-refractivity contribution in [3.8, 4) is 12.3 Å². The first-order valence-corrected chi connectivity index (χ1v) is 15.9. The molecule has 0 aliphatic carbocycles. The number of ether oxygens (including phenoxy) is 10. The van der Waals surface area contributed by atoms with Gasteiger partial charge in [0, 0.05) is 13.5 Å². The molecule has 3 amide bonds. The molecule has 2 heterocycles. The van der Waals surface area contributed by atoms with Crippen LogP contribution in [0.2, 0.25) is 0 Å². The number of carbonyl (C=O) groups is 4. The van der Waals surface area contributed by atoms with E-state index in [1.165, 1.54) is 13.0 Å². The average molecular weight is 702 g/mol. The van der Waals surface area contributed by atoms with Crippen LogP contribution in [-0.4, -0.2) is 139 Å². The summed E-state index contributed by atoms with van der Waals surface area (Å²) in [5.41, 5.74) is -0.845. The SMILES string of the molecule is C#CCOCCOCCOCCOCCNC(=O)O[C@@H]([C@@H]1OC(C(=O)OC)=C[C@H](NC(=O)OC(C)(C)C)[C@H]1NC(C)=O)[C@H]1COC(C)(C)O1. The minimum atomic E-state index is -1.27. The second kappa shape index (κ2) is 20.8. The average Bonchev–Trinajstić information content (AvgIpc) is 3.38. The van der Waals surface area contributed by atoms with Crippen LogP contribution in [0, 0.1) is 12.3 Å². The van der Waals surface area contributed by atoms with Gasteiger partial charge < -0.3 is 63.3 Å². The highest BCUT2D eigenvalue weighted by atomic mass is 16.8. The molecular weight excluding hydrogens is 650 g/mol.